The summed E-state index contributed by atoms with van der Waals surface area (Å²) in [5, 5.41) is 4.22. The first-order chi connectivity index (χ1) is 14.5. The minimum Gasteiger partial charge on any atom is -0.489 e. The molecule has 1 N–H and O–H groups in total. The van der Waals surface area contributed by atoms with Crippen molar-refractivity contribution in [3.8, 4) is 5.75 Å². The highest BCUT2D eigenvalue weighted by molar-refractivity contribution is 6.31. The number of hydrogen-bond donors (Lipinski definition) is 1. The Kier molecular flexibility index (Phi) is 5.55. The van der Waals surface area contributed by atoms with Crippen LogP contribution >= 0.6 is 11.6 Å². The topological polar surface area (TPSA) is 60.3 Å². The van der Waals surface area contributed by atoms with Crippen molar-refractivity contribution in [2.24, 2.45) is 7.05 Å². The number of halogens is 1. The highest BCUT2D eigenvalue weighted by Gasteiger charge is 2.13. The molecule has 3 aromatic carbocycles. The van der Waals surface area contributed by atoms with Crippen LogP contribution in [0.2, 0.25) is 5.02 Å². The van der Waals surface area contributed by atoms with Crippen LogP contribution in [0.25, 0.3) is 10.9 Å². The molecule has 0 saturated heterocycles. The molecule has 5 nitrogen and oxygen atoms in total. The van der Waals surface area contributed by atoms with E-state index in [0.717, 1.165) is 10.9 Å². The van der Waals surface area contributed by atoms with Gasteiger partial charge >= 0.3 is 0 Å². The molecule has 0 aliphatic heterocycles. The molecule has 1 aromatic heterocycles. The Balaban J connectivity index is 1.49. The molecule has 0 atom stereocenters. The third kappa shape index (κ3) is 4.07. The molecular formula is C24H19ClN2O3. The van der Waals surface area contributed by atoms with Gasteiger partial charge in [-0.3, -0.25) is 9.59 Å². The van der Waals surface area contributed by atoms with Crippen LogP contribution in [0.4, 0.5) is 5.69 Å². The van der Waals surface area contributed by atoms with E-state index in [0.29, 0.717) is 34.1 Å². The summed E-state index contributed by atoms with van der Waals surface area (Å²) < 4.78 is 7.29. The van der Waals surface area contributed by atoms with Gasteiger partial charge in [-0.05, 0) is 36.4 Å². The molecule has 0 bridgehead atoms. The first-order valence-corrected chi connectivity index (χ1v) is 9.77. The van der Waals surface area contributed by atoms with Gasteiger partial charge in [0.2, 0.25) is 0 Å². The number of pyridine rings is 1. The van der Waals surface area contributed by atoms with Gasteiger partial charge < -0.3 is 14.6 Å². The highest BCUT2D eigenvalue weighted by Crippen LogP contribution is 2.22. The van der Waals surface area contributed by atoms with E-state index in [4.69, 9.17) is 16.3 Å². The van der Waals surface area contributed by atoms with Crippen LogP contribution < -0.4 is 15.6 Å². The van der Waals surface area contributed by atoms with Crippen molar-refractivity contribution in [2.45, 2.75) is 6.61 Å². The summed E-state index contributed by atoms with van der Waals surface area (Å²) in [7, 11) is 1.69. The Morgan fingerprint density at radius 1 is 1.00 bits per heavy atom. The third-order valence-electron chi connectivity index (χ3n) is 4.86. The van der Waals surface area contributed by atoms with Crippen molar-refractivity contribution >= 4 is 34.1 Å². The van der Waals surface area contributed by atoms with Gasteiger partial charge in [0.1, 0.15) is 12.4 Å². The number of hydrogen-bond acceptors (Lipinski definition) is 3. The average molecular weight is 419 g/mol. The number of nitrogens with one attached hydrogen (secondary N) is 1. The number of nitrogens with zero attached hydrogens (tertiary/aromatic N) is 1. The largest absolute Gasteiger partial charge is 0.489 e. The monoisotopic (exact) mass is 418 g/mol. The van der Waals surface area contributed by atoms with Gasteiger partial charge in [-0.2, -0.15) is 0 Å². The zero-order valence-electron chi connectivity index (χ0n) is 16.3. The van der Waals surface area contributed by atoms with Crippen LogP contribution in [0.1, 0.15) is 15.9 Å². The quantitative estimate of drug-likeness (QED) is 0.495. The molecule has 6 heteroatoms. The predicted octanol–water partition coefficient (Wildman–Crippen LogP) is 5.02. The number of aryl methyl sites for hydroxylation is 1. The molecule has 0 spiro atoms. The van der Waals surface area contributed by atoms with E-state index in [1.807, 2.05) is 48.5 Å². The highest BCUT2D eigenvalue weighted by atomic mass is 35.5. The van der Waals surface area contributed by atoms with Crippen molar-refractivity contribution < 1.29 is 9.53 Å². The molecule has 150 valence electrons. The minimum absolute atomic E-state index is 0.234. The standard InChI is InChI=1S/C24H19ClN2O3/c1-27-22-9-5-3-7-19(22)20(14-23(27)28)24(29)26-17-10-12-18(13-11-17)30-15-16-6-2-4-8-21(16)25/h2-14H,15H2,1H3,(H,26,29). The Morgan fingerprint density at radius 2 is 1.70 bits per heavy atom. The third-order valence-corrected chi connectivity index (χ3v) is 5.23. The van der Waals surface area contributed by atoms with Crippen molar-refractivity contribution in [2.75, 3.05) is 5.32 Å². The van der Waals surface area contributed by atoms with Crippen LogP contribution in [0, 0.1) is 0 Å². The fraction of sp³-hybridized carbons (Fsp3) is 0.0833. The molecule has 0 aliphatic rings. The van der Waals surface area contributed by atoms with Crippen LogP contribution in [-0.2, 0) is 13.7 Å². The number of aromatic nitrogens is 1. The van der Waals surface area contributed by atoms with Crippen LogP contribution in [0.5, 0.6) is 5.75 Å². The average Bonchev–Trinajstić information content (AvgIpc) is 2.76. The smallest absolute Gasteiger partial charge is 0.256 e. The molecule has 0 aliphatic carbocycles. The number of anilines is 1. The Labute approximate surface area is 178 Å². The maximum atomic E-state index is 12.8. The SMILES string of the molecule is Cn1c(=O)cc(C(=O)Nc2ccc(OCc3ccccc3Cl)cc2)c2ccccc21. The molecule has 1 heterocycles. The van der Waals surface area contributed by atoms with Gasteiger partial charge in [-0.25, -0.2) is 0 Å². The molecule has 1 amide bonds. The Bertz CT molecular complexity index is 1280. The fourth-order valence-electron chi connectivity index (χ4n) is 3.21. The number of ether oxygens (including phenoxy) is 1. The number of para-hydroxylation sites is 1. The molecule has 4 aromatic rings. The number of fused-ring (bicyclic) bond motifs is 1. The lowest BCUT2D eigenvalue weighted by molar-refractivity contribution is 0.102. The Morgan fingerprint density at radius 3 is 2.47 bits per heavy atom. The van der Waals surface area contributed by atoms with Gasteiger partial charge in [0.05, 0.1) is 11.1 Å². The number of amides is 1. The van der Waals surface area contributed by atoms with E-state index in [1.54, 1.807) is 31.3 Å². The van der Waals surface area contributed by atoms with E-state index >= 15 is 0 Å². The lowest BCUT2D eigenvalue weighted by atomic mass is 10.1. The first kappa shape index (κ1) is 19.7. The van der Waals surface area contributed by atoms with Gasteiger partial charge in [0.25, 0.3) is 11.5 Å². The second kappa shape index (κ2) is 8.43. The summed E-state index contributed by atoms with van der Waals surface area (Å²) in [6.45, 7) is 0.352. The lowest BCUT2D eigenvalue weighted by Gasteiger charge is -2.11. The summed E-state index contributed by atoms with van der Waals surface area (Å²) in [4.78, 5) is 25.0. The molecule has 0 saturated carbocycles. The molecule has 0 unspecified atom stereocenters. The molecule has 4 rings (SSSR count). The van der Waals surface area contributed by atoms with E-state index in [9.17, 15) is 9.59 Å². The predicted molar refractivity (Wildman–Crippen MR) is 119 cm³/mol. The van der Waals surface area contributed by atoms with E-state index < -0.39 is 0 Å². The maximum absolute atomic E-state index is 12.8. The molecule has 0 fully saturated rings. The van der Waals surface area contributed by atoms with Crippen LogP contribution in [-0.4, -0.2) is 10.5 Å². The summed E-state index contributed by atoms with van der Waals surface area (Å²) in [5.74, 6) is 0.320. The number of carbonyl (C=O) groups is 1. The van der Waals surface area contributed by atoms with E-state index in [2.05, 4.69) is 5.32 Å². The summed E-state index contributed by atoms with van der Waals surface area (Å²) >= 11 is 6.14. The van der Waals surface area contributed by atoms with Gasteiger partial charge in [0, 0.05) is 34.8 Å². The number of carbonyl (C=O) groups excluding carboxylic acids is 1. The second-order valence-corrected chi connectivity index (χ2v) is 7.24. The summed E-state index contributed by atoms with van der Waals surface area (Å²) in [5.41, 5.74) is 2.32. The Hall–Kier alpha value is -3.57. The van der Waals surface area contributed by atoms with Crippen molar-refractivity contribution in [1.82, 2.24) is 4.57 Å². The second-order valence-electron chi connectivity index (χ2n) is 6.83. The van der Waals surface area contributed by atoms with Crippen LogP contribution in [0.15, 0.2) is 83.7 Å². The van der Waals surface area contributed by atoms with Crippen molar-refractivity contribution in [3.63, 3.8) is 0 Å². The maximum Gasteiger partial charge on any atom is 0.256 e. The van der Waals surface area contributed by atoms with Crippen molar-refractivity contribution in [3.05, 3.63) is 105 Å². The number of benzene rings is 3. The summed E-state index contributed by atoms with van der Waals surface area (Å²) in [6, 6.07) is 23.2. The van der Waals surface area contributed by atoms with Gasteiger partial charge in [-0.1, -0.05) is 48.0 Å². The van der Waals surface area contributed by atoms with E-state index in [1.165, 1.54) is 10.6 Å². The van der Waals surface area contributed by atoms with Gasteiger partial charge in [0.15, 0.2) is 0 Å². The van der Waals surface area contributed by atoms with E-state index in [-0.39, 0.29) is 11.5 Å². The minimum atomic E-state index is -0.339. The zero-order valence-corrected chi connectivity index (χ0v) is 17.0. The summed E-state index contributed by atoms with van der Waals surface area (Å²) in [6.07, 6.45) is 0. The van der Waals surface area contributed by atoms with Crippen LogP contribution in [0.3, 0.4) is 0 Å². The fourth-order valence-corrected chi connectivity index (χ4v) is 3.40. The molecule has 0 radical (unpaired) electrons. The normalized spacial score (nSPS) is 10.7. The van der Waals surface area contributed by atoms with Crippen molar-refractivity contribution in [1.29, 1.82) is 0 Å². The zero-order chi connectivity index (χ0) is 21.1. The number of rotatable bonds is 5. The first-order valence-electron chi connectivity index (χ1n) is 9.39. The lowest BCUT2D eigenvalue weighted by Crippen LogP contribution is -2.21. The molecular weight excluding hydrogens is 400 g/mol. The van der Waals surface area contributed by atoms with Gasteiger partial charge in [-0.15, -0.1) is 0 Å². The molecule has 30 heavy (non-hydrogen) atoms.